The summed E-state index contributed by atoms with van der Waals surface area (Å²) in [6, 6.07) is 11.7. The minimum Gasteiger partial charge on any atom is -0.497 e. The summed E-state index contributed by atoms with van der Waals surface area (Å²) >= 11 is 0. The maximum atomic E-state index is 12.2. The Bertz CT molecular complexity index is 786. The molecule has 1 atom stereocenters. The van der Waals surface area contributed by atoms with Gasteiger partial charge in [-0.05, 0) is 35.4 Å². The smallest absolute Gasteiger partial charge is 0.313 e. The van der Waals surface area contributed by atoms with Gasteiger partial charge in [0.05, 0.1) is 13.0 Å². The highest BCUT2D eigenvalue weighted by atomic mass is 33.1. The van der Waals surface area contributed by atoms with Crippen molar-refractivity contribution in [2.45, 2.75) is 12.8 Å². The quantitative estimate of drug-likeness (QED) is 0.180. The molecule has 0 aliphatic rings. The third-order valence-electron chi connectivity index (χ3n) is 3.78. The predicted molar refractivity (Wildman–Crippen MR) is 108 cm³/mol. The molecule has 27 heavy (non-hydrogen) atoms. The average molecular weight is 412 g/mol. The summed E-state index contributed by atoms with van der Waals surface area (Å²) in [5, 5.41) is 11.3. The molecule has 0 spiro atoms. The summed E-state index contributed by atoms with van der Waals surface area (Å²) in [6.07, 6.45) is 0. The van der Waals surface area contributed by atoms with Crippen LogP contribution in [-0.4, -0.2) is 42.9 Å². The molecule has 0 N–H and O–H groups in total. The Morgan fingerprint density at radius 1 is 1.11 bits per heavy atom. The molecule has 1 unspecified atom stereocenters. The molecule has 2 rings (SSSR count). The monoisotopic (exact) mass is 411 g/mol. The van der Waals surface area contributed by atoms with Crippen LogP contribution in [0.3, 0.4) is 0 Å². The van der Waals surface area contributed by atoms with E-state index in [0.29, 0.717) is 18.1 Å². The Morgan fingerprint density at radius 2 is 1.78 bits per heavy atom. The summed E-state index contributed by atoms with van der Waals surface area (Å²) in [6.45, 7) is 2.17. The topological polar surface area (TPSA) is 87.9 Å². The molecule has 2 aromatic rings. The Hall–Kier alpha value is -2.13. The summed E-state index contributed by atoms with van der Waals surface area (Å²) < 4.78 is 10.5. The maximum absolute atomic E-state index is 12.2. The van der Waals surface area contributed by atoms with Crippen molar-refractivity contribution in [3.8, 4) is 5.75 Å². The van der Waals surface area contributed by atoms with Crippen LogP contribution in [0.5, 0.6) is 5.75 Å². The van der Waals surface area contributed by atoms with Gasteiger partial charge < -0.3 is 14.3 Å². The van der Waals surface area contributed by atoms with E-state index < -0.39 is 5.09 Å². The molecule has 0 saturated heterocycles. The largest absolute Gasteiger partial charge is 0.497 e. The van der Waals surface area contributed by atoms with Crippen molar-refractivity contribution in [3.63, 3.8) is 0 Å². The minimum atomic E-state index is -0.808. The van der Waals surface area contributed by atoms with Gasteiger partial charge >= 0.3 is 5.97 Å². The number of fused-ring (bicyclic) bond motifs is 1. The number of carbonyl (C=O) groups is 1. The van der Waals surface area contributed by atoms with Crippen molar-refractivity contribution in [2.75, 3.05) is 31.8 Å². The molecule has 0 aliphatic carbocycles. The zero-order chi connectivity index (χ0) is 19.6. The normalized spacial score (nSPS) is 11.8. The summed E-state index contributed by atoms with van der Waals surface area (Å²) in [5.74, 6) is 1.27. The van der Waals surface area contributed by atoms with Gasteiger partial charge in [0.25, 0.3) is 5.09 Å². The molecule has 0 amide bonds. The SMILES string of the molecule is COc1ccc2cc(C(C)C(=O)OCCSSCCO[N+](=O)[O-])ccc2c1. The van der Waals surface area contributed by atoms with E-state index in [-0.39, 0.29) is 18.5 Å². The minimum absolute atomic E-state index is 0.0509. The Kier molecular flexibility index (Phi) is 8.53. The van der Waals surface area contributed by atoms with Crippen LogP contribution >= 0.6 is 21.6 Å². The second-order valence-electron chi connectivity index (χ2n) is 5.56. The number of nitrogens with zero attached hydrogens (tertiary/aromatic N) is 1. The molecule has 0 aliphatic heterocycles. The van der Waals surface area contributed by atoms with Crippen LogP contribution in [0.15, 0.2) is 36.4 Å². The number of ether oxygens (including phenoxy) is 2. The van der Waals surface area contributed by atoms with Gasteiger partial charge in [0.2, 0.25) is 0 Å². The molecular formula is C18H21NO6S2. The second-order valence-corrected chi connectivity index (χ2v) is 8.26. The van der Waals surface area contributed by atoms with Crippen LogP contribution in [0.4, 0.5) is 0 Å². The fraction of sp³-hybridized carbons (Fsp3) is 0.389. The first-order chi connectivity index (χ1) is 13.0. The van der Waals surface area contributed by atoms with Crippen molar-refractivity contribution < 1.29 is 24.2 Å². The third-order valence-corrected chi connectivity index (χ3v) is 6.12. The number of hydrogen-bond donors (Lipinski definition) is 0. The molecule has 0 fully saturated rings. The average Bonchev–Trinajstić information content (AvgIpc) is 2.68. The van der Waals surface area contributed by atoms with E-state index in [2.05, 4.69) is 4.84 Å². The molecule has 0 saturated carbocycles. The molecule has 0 heterocycles. The van der Waals surface area contributed by atoms with Crippen LogP contribution in [-0.2, 0) is 14.4 Å². The van der Waals surface area contributed by atoms with Gasteiger partial charge in [0, 0.05) is 11.5 Å². The van der Waals surface area contributed by atoms with E-state index in [4.69, 9.17) is 9.47 Å². The van der Waals surface area contributed by atoms with Crippen LogP contribution in [0, 0.1) is 10.1 Å². The molecule has 0 aromatic heterocycles. The highest BCUT2D eigenvalue weighted by molar-refractivity contribution is 8.76. The molecule has 0 bridgehead atoms. The highest BCUT2D eigenvalue weighted by Gasteiger charge is 2.17. The lowest BCUT2D eigenvalue weighted by Gasteiger charge is -2.13. The number of carbonyl (C=O) groups excluding carboxylic acids is 1. The molecule has 9 heteroatoms. The van der Waals surface area contributed by atoms with Crippen molar-refractivity contribution >= 4 is 38.3 Å². The first-order valence-corrected chi connectivity index (χ1v) is 10.8. The lowest BCUT2D eigenvalue weighted by molar-refractivity contribution is -0.756. The zero-order valence-electron chi connectivity index (χ0n) is 15.1. The van der Waals surface area contributed by atoms with Crippen molar-refractivity contribution in [1.29, 1.82) is 0 Å². The van der Waals surface area contributed by atoms with Crippen molar-refractivity contribution in [3.05, 3.63) is 52.1 Å². The molecule has 0 radical (unpaired) electrons. The Balaban J connectivity index is 1.76. The van der Waals surface area contributed by atoms with E-state index in [1.165, 1.54) is 21.6 Å². The van der Waals surface area contributed by atoms with E-state index in [9.17, 15) is 14.9 Å². The lowest BCUT2D eigenvalue weighted by atomic mass is 9.98. The van der Waals surface area contributed by atoms with Gasteiger partial charge in [-0.2, -0.15) is 0 Å². The lowest BCUT2D eigenvalue weighted by Crippen LogP contribution is -2.14. The molecule has 7 nitrogen and oxygen atoms in total. The van der Waals surface area contributed by atoms with Crippen LogP contribution in [0.2, 0.25) is 0 Å². The summed E-state index contributed by atoms with van der Waals surface area (Å²) in [4.78, 5) is 26.4. The Labute approximate surface area is 165 Å². The van der Waals surface area contributed by atoms with Crippen LogP contribution in [0.1, 0.15) is 18.4 Å². The number of hydrogen-bond acceptors (Lipinski definition) is 8. The molecule has 2 aromatic carbocycles. The van der Waals surface area contributed by atoms with E-state index in [1.807, 2.05) is 43.3 Å². The van der Waals surface area contributed by atoms with E-state index in [1.54, 1.807) is 7.11 Å². The predicted octanol–water partition coefficient (Wildman–Crippen LogP) is 4.08. The van der Waals surface area contributed by atoms with E-state index in [0.717, 1.165) is 22.1 Å². The number of esters is 1. The molecular weight excluding hydrogens is 390 g/mol. The summed E-state index contributed by atoms with van der Waals surface area (Å²) in [7, 11) is 4.56. The summed E-state index contributed by atoms with van der Waals surface area (Å²) in [5.41, 5.74) is 0.900. The highest BCUT2D eigenvalue weighted by Crippen LogP contribution is 2.26. The van der Waals surface area contributed by atoms with Gasteiger partial charge in [0.1, 0.15) is 19.0 Å². The Morgan fingerprint density at radius 3 is 2.48 bits per heavy atom. The van der Waals surface area contributed by atoms with Crippen molar-refractivity contribution in [1.82, 2.24) is 0 Å². The number of benzene rings is 2. The standard InChI is InChI=1S/C18H21NO6S2/c1-13(18(20)24-7-9-26-27-10-8-25-19(21)22)14-3-4-16-12-17(23-2)6-5-15(16)11-14/h3-6,11-13H,7-10H2,1-2H3. The number of methoxy groups -OCH3 is 1. The van der Waals surface area contributed by atoms with Gasteiger partial charge in [-0.3, -0.25) is 4.79 Å². The third kappa shape index (κ3) is 6.84. The molecule has 146 valence electrons. The number of rotatable bonds is 11. The van der Waals surface area contributed by atoms with Gasteiger partial charge in [-0.1, -0.05) is 45.9 Å². The first kappa shape index (κ1) is 21.2. The first-order valence-electron chi connectivity index (χ1n) is 8.27. The van der Waals surface area contributed by atoms with Gasteiger partial charge in [0.15, 0.2) is 0 Å². The fourth-order valence-corrected chi connectivity index (χ4v) is 3.98. The van der Waals surface area contributed by atoms with E-state index >= 15 is 0 Å². The van der Waals surface area contributed by atoms with Crippen molar-refractivity contribution in [2.24, 2.45) is 0 Å². The zero-order valence-corrected chi connectivity index (χ0v) is 16.7. The van der Waals surface area contributed by atoms with Gasteiger partial charge in [-0.15, -0.1) is 10.1 Å². The van der Waals surface area contributed by atoms with Gasteiger partial charge in [-0.25, -0.2) is 0 Å². The second kappa shape index (κ2) is 10.9. The van der Waals surface area contributed by atoms with Crippen LogP contribution < -0.4 is 4.74 Å². The fourth-order valence-electron chi connectivity index (χ4n) is 2.34. The van der Waals surface area contributed by atoms with Crippen LogP contribution in [0.25, 0.3) is 10.8 Å². The maximum Gasteiger partial charge on any atom is 0.313 e.